The van der Waals surface area contributed by atoms with E-state index >= 15 is 0 Å². The zero-order valence-corrected chi connectivity index (χ0v) is 20.3. The summed E-state index contributed by atoms with van der Waals surface area (Å²) in [5, 5.41) is 3.07. The summed E-state index contributed by atoms with van der Waals surface area (Å²) in [7, 11) is -3.98. The van der Waals surface area contributed by atoms with E-state index in [4.69, 9.17) is 4.74 Å². The van der Waals surface area contributed by atoms with Crippen molar-refractivity contribution < 1.29 is 17.9 Å². The number of sulfonamides is 1. The van der Waals surface area contributed by atoms with Crippen LogP contribution in [0.4, 0.5) is 5.69 Å². The average molecular weight is 479 g/mol. The predicted octanol–water partition coefficient (Wildman–Crippen LogP) is 4.78. The average Bonchev–Trinajstić information content (AvgIpc) is 2.84. The molecule has 0 heterocycles. The summed E-state index contributed by atoms with van der Waals surface area (Å²) >= 11 is 0. The molecule has 3 aromatic rings. The maximum absolute atomic E-state index is 13.6. The van der Waals surface area contributed by atoms with Gasteiger partial charge in [0, 0.05) is 0 Å². The first kappa shape index (κ1) is 23.8. The Morgan fingerprint density at radius 2 is 1.74 bits per heavy atom. The van der Waals surface area contributed by atoms with Crippen LogP contribution in [0.25, 0.3) is 0 Å². The van der Waals surface area contributed by atoms with Crippen LogP contribution in [0, 0.1) is 6.92 Å². The van der Waals surface area contributed by atoms with Gasteiger partial charge < -0.3 is 10.1 Å². The van der Waals surface area contributed by atoms with Gasteiger partial charge in [-0.05, 0) is 80.6 Å². The number of rotatable bonds is 8. The summed E-state index contributed by atoms with van der Waals surface area (Å²) in [6, 6.07) is 21.4. The smallest absolute Gasteiger partial charge is 0.264 e. The van der Waals surface area contributed by atoms with E-state index in [0.29, 0.717) is 18.0 Å². The molecule has 4 rings (SSSR count). The molecule has 0 aromatic heterocycles. The molecular weight excluding hydrogens is 448 g/mol. The molecular formula is C27H30N2O4S. The molecule has 34 heavy (non-hydrogen) atoms. The van der Waals surface area contributed by atoms with Crippen molar-refractivity contribution in [3.63, 3.8) is 0 Å². The van der Waals surface area contributed by atoms with Crippen molar-refractivity contribution in [1.82, 2.24) is 5.32 Å². The molecule has 1 aliphatic carbocycles. The van der Waals surface area contributed by atoms with Gasteiger partial charge in [-0.2, -0.15) is 0 Å². The lowest BCUT2D eigenvalue weighted by Crippen LogP contribution is -2.42. The van der Waals surface area contributed by atoms with Crippen LogP contribution in [0.5, 0.6) is 5.75 Å². The highest BCUT2D eigenvalue weighted by atomic mass is 32.2. The number of hydrogen-bond acceptors (Lipinski definition) is 4. The molecule has 6 nitrogen and oxygen atoms in total. The summed E-state index contributed by atoms with van der Waals surface area (Å²) in [4.78, 5) is 13.3. The Morgan fingerprint density at radius 3 is 2.44 bits per heavy atom. The summed E-state index contributed by atoms with van der Waals surface area (Å²) in [5.74, 6) is 0.258. The number of anilines is 1. The van der Waals surface area contributed by atoms with Crippen molar-refractivity contribution in [1.29, 1.82) is 0 Å². The summed E-state index contributed by atoms with van der Waals surface area (Å²) in [6.45, 7) is 3.98. The number of benzene rings is 3. The minimum absolute atomic E-state index is 0.104. The van der Waals surface area contributed by atoms with Gasteiger partial charge in [0.15, 0.2) is 0 Å². The Bertz CT molecular complexity index is 1240. The van der Waals surface area contributed by atoms with Crippen LogP contribution in [0.3, 0.4) is 0 Å². The molecule has 0 spiro atoms. The lowest BCUT2D eigenvalue weighted by molar-refractivity contribution is -0.120. The van der Waals surface area contributed by atoms with Crippen LogP contribution in [0.1, 0.15) is 42.5 Å². The molecule has 0 radical (unpaired) electrons. The highest BCUT2D eigenvalue weighted by molar-refractivity contribution is 7.92. The Kier molecular flexibility index (Phi) is 7.22. The van der Waals surface area contributed by atoms with Gasteiger partial charge in [0.2, 0.25) is 5.91 Å². The van der Waals surface area contributed by atoms with Gasteiger partial charge in [-0.1, -0.05) is 42.0 Å². The lowest BCUT2D eigenvalue weighted by Gasteiger charge is -2.29. The second-order valence-electron chi connectivity index (χ2n) is 8.46. The third kappa shape index (κ3) is 5.25. The molecule has 1 amide bonds. The molecule has 0 bridgehead atoms. The van der Waals surface area contributed by atoms with Gasteiger partial charge in [0.05, 0.1) is 23.2 Å². The molecule has 7 heteroatoms. The maximum Gasteiger partial charge on any atom is 0.264 e. The number of hydrogen-bond donors (Lipinski definition) is 1. The summed E-state index contributed by atoms with van der Waals surface area (Å²) < 4.78 is 33.8. The van der Waals surface area contributed by atoms with Crippen molar-refractivity contribution in [2.75, 3.05) is 17.5 Å². The molecule has 0 fully saturated rings. The first-order chi connectivity index (χ1) is 16.4. The Labute approximate surface area is 201 Å². The normalized spacial score (nSPS) is 15.3. The third-order valence-corrected chi connectivity index (χ3v) is 7.82. The largest absolute Gasteiger partial charge is 0.494 e. The van der Waals surface area contributed by atoms with E-state index in [-0.39, 0.29) is 23.4 Å². The molecule has 0 saturated carbocycles. The van der Waals surface area contributed by atoms with E-state index < -0.39 is 10.0 Å². The SMILES string of the molecule is CCOc1ccc(S(=O)(=O)N(CC(=O)NC2CCCc3ccccc32)c2ccc(C)cc2)cc1. The fraction of sp³-hybridized carbons (Fsp3) is 0.296. The molecule has 178 valence electrons. The first-order valence-corrected chi connectivity index (χ1v) is 13.0. The minimum atomic E-state index is -3.98. The molecule has 1 atom stereocenters. The first-order valence-electron chi connectivity index (χ1n) is 11.6. The topological polar surface area (TPSA) is 75.7 Å². The molecule has 0 aliphatic heterocycles. The Morgan fingerprint density at radius 1 is 1.03 bits per heavy atom. The second-order valence-corrected chi connectivity index (χ2v) is 10.3. The molecule has 3 aromatic carbocycles. The zero-order chi connectivity index (χ0) is 24.1. The van der Waals surface area contributed by atoms with E-state index in [1.165, 1.54) is 22.0 Å². The van der Waals surface area contributed by atoms with Crippen molar-refractivity contribution in [3.05, 3.63) is 89.5 Å². The minimum Gasteiger partial charge on any atom is -0.494 e. The summed E-state index contributed by atoms with van der Waals surface area (Å²) in [5.41, 5.74) is 3.79. The number of ether oxygens (including phenoxy) is 1. The van der Waals surface area contributed by atoms with Crippen LogP contribution >= 0.6 is 0 Å². The van der Waals surface area contributed by atoms with Gasteiger partial charge in [-0.15, -0.1) is 0 Å². The van der Waals surface area contributed by atoms with Crippen LogP contribution < -0.4 is 14.4 Å². The van der Waals surface area contributed by atoms with Gasteiger partial charge >= 0.3 is 0 Å². The quantitative estimate of drug-likeness (QED) is 0.505. The monoisotopic (exact) mass is 478 g/mol. The molecule has 1 N–H and O–H groups in total. The fourth-order valence-electron chi connectivity index (χ4n) is 4.30. The lowest BCUT2D eigenvalue weighted by atomic mass is 9.88. The molecule has 0 saturated heterocycles. The van der Waals surface area contributed by atoms with Crippen molar-refractivity contribution in [3.8, 4) is 5.75 Å². The van der Waals surface area contributed by atoms with Crippen LogP contribution in [0.2, 0.25) is 0 Å². The van der Waals surface area contributed by atoms with Crippen LogP contribution in [-0.2, 0) is 21.2 Å². The van der Waals surface area contributed by atoms with E-state index in [0.717, 1.165) is 30.4 Å². The van der Waals surface area contributed by atoms with Crippen molar-refractivity contribution in [2.24, 2.45) is 0 Å². The second kappa shape index (κ2) is 10.3. The Hall–Kier alpha value is -3.32. The highest BCUT2D eigenvalue weighted by Crippen LogP contribution is 2.30. The molecule has 1 unspecified atom stereocenters. The number of nitrogens with one attached hydrogen (secondary N) is 1. The predicted molar refractivity (Wildman–Crippen MR) is 134 cm³/mol. The van der Waals surface area contributed by atoms with E-state index in [9.17, 15) is 13.2 Å². The zero-order valence-electron chi connectivity index (χ0n) is 19.5. The fourth-order valence-corrected chi connectivity index (χ4v) is 5.72. The number of nitrogens with zero attached hydrogens (tertiary/aromatic N) is 1. The number of amides is 1. The molecule has 1 aliphatic rings. The van der Waals surface area contributed by atoms with Gasteiger partial charge in [-0.3, -0.25) is 9.10 Å². The van der Waals surface area contributed by atoms with Crippen LogP contribution in [-0.4, -0.2) is 27.5 Å². The maximum atomic E-state index is 13.6. The van der Waals surface area contributed by atoms with Crippen LogP contribution in [0.15, 0.2) is 77.7 Å². The number of carbonyl (C=O) groups excluding carboxylic acids is 1. The standard InChI is InChI=1S/C27H30N2O4S/c1-3-33-23-15-17-24(18-16-23)34(31,32)29(22-13-11-20(2)12-14-22)19-27(30)28-26-10-6-8-21-7-4-5-9-25(21)26/h4-5,7,9,11-18,26H,3,6,8,10,19H2,1-2H3,(H,28,30). The van der Waals surface area contributed by atoms with Gasteiger partial charge in [-0.25, -0.2) is 8.42 Å². The number of carbonyl (C=O) groups is 1. The highest BCUT2D eigenvalue weighted by Gasteiger charge is 2.29. The van der Waals surface area contributed by atoms with E-state index in [2.05, 4.69) is 11.4 Å². The van der Waals surface area contributed by atoms with Crippen molar-refractivity contribution in [2.45, 2.75) is 44.0 Å². The number of fused-ring (bicyclic) bond motifs is 1. The van der Waals surface area contributed by atoms with Gasteiger partial charge in [0.25, 0.3) is 10.0 Å². The number of aryl methyl sites for hydroxylation is 2. The van der Waals surface area contributed by atoms with E-state index in [1.54, 1.807) is 24.3 Å². The van der Waals surface area contributed by atoms with Crippen molar-refractivity contribution >= 4 is 21.6 Å². The van der Waals surface area contributed by atoms with Gasteiger partial charge in [0.1, 0.15) is 12.3 Å². The Balaban J connectivity index is 1.60. The third-order valence-electron chi connectivity index (χ3n) is 6.04. The van der Waals surface area contributed by atoms with E-state index in [1.807, 2.05) is 44.2 Å². The summed E-state index contributed by atoms with van der Waals surface area (Å²) in [6.07, 6.45) is 2.80.